The summed E-state index contributed by atoms with van der Waals surface area (Å²) in [6.45, 7) is 4.57. The Labute approximate surface area is 190 Å². The summed E-state index contributed by atoms with van der Waals surface area (Å²) in [7, 11) is 0. The molecule has 1 aliphatic heterocycles. The maximum absolute atomic E-state index is 12.8. The van der Waals surface area contributed by atoms with Crippen molar-refractivity contribution in [3.63, 3.8) is 0 Å². The fraction of sp³-hybridized carbons (Fsp3) is 0.350. The summed E-state index contributed by atoms with van der Waals surface area (Å²) in [4.78, 5) is 26.0. The molecular weight excluding hydrogens is 537 g/mol. The highest BCUT2D eigenvalue weighted by Gasteiger charge is 2.22. The molecule has 0 aliphatic carbocycles. The van der Waals surface area contributed by atoms with Gasteiger partial charge < -0.3 is 38.9 Å². The number of nitrogens with one attached hydrogen (secondary N) is 1. The third kappa shape index (κ3) is 5.91. The van der Waals surface area contributed by atoms with Crippen LogP contribution in [0.25, 0.3) is 0 Å². The summed E-state index contributed by atoms with van der Waals surface area (Å²) in [5.41, 5.74) is 2.34. The van der Waals surface area contributed by atoms with Crippen molar-refractivity contribution in [3.05, 3.63) is 58.3 Å². The zero-order valence-electron chi connectivity index (χ0n) is 15.7. The first-order valence-corrected chi connectivity index (χ1v) is 9.86. The number of halogens is 2. The number of benzene rings is 1. The number of hydrogen-bond donors (Lipinski definition) is 1. The Hall–Kier alpha value is -1.68. The predicted molar refractivity (Wildman–Crippen MR) is 106 cm³/mol. The Morgan fingerprint density at radius 1 is 1.32 bits per heavy atom. The first-order valence-electron chi connectivity index (χ1n) is 9.07. The fourth-order valence-corrected chi connectivity index (χ4v) is 3.56. The normalized spacial score (nSPS) is 13.1. The number of para-hydroxylation sites is 1. The van der Waals surface area contributed by atoms with Crippen LogP contribution in [0.15, 0.2) is 47.2 Å². The number of rotatable bonds is 7. The van der Waals surface area contributed by atoms with Gasteiger partial charge in [-0.1, -0.05) is 25.1 Å². The van der Waals surface area contributed by atoms with Crippen molar-refractivity contribution in [2.24, 2.45) is 0 Å². The van der Waals surface area contributed by atoms with Gasteiger partial charge in [-0.3, -0.25) is 4.79 Å². The second-order valence-electron chi connectivity index (χ2n) is 6.44. The molecule has 6 nitrogen and oxygen atoms in total. The Bertz CT molecular complexity index is 847. The van der Waals surface area contributed by atoms with Crippen molar-refractivity contribution in [3.8, 4) is 0 Å². The van der Waals surface area contributed by atoms with Gasteiger partial charge in [-0.05, 0) is 40.0 Å². The number of cyclic esters (lactones) is 1. The number of aryl methyl sites for hydroxylation is 1. The van der Waals surface area contributed by atoms with E-state index < -0.39 is 0 Å². The van der Waals surface area contributed by atoms with E-state index in [1.807, 2.05) is 47.3 Å². The number of aromatic nitrogens is 1. The molecule has 2 amide bonds. The molecule has 3 rings (SSSR count). The van der Waals surface area contributed by atoms with Crippen LogP contribution < -0.4 is 33.9 Å². The van der Waals surface area contributed by atoms with E-state index in [0.717, 1.165) is 28.7 Å². The van der Waals surface area contributed by atoms with E-state index in [1.54, 1.807) is 4.90 Å². The number of hydrogen-bond acceptors (Lipinski definition) is 3. The average Bonchev–Trinajstić information content (AvgIpc) is 3.05. The third-order valence-corrected chi connectivity index (χ3v) is 4.83. The van der Waals surface area contributed by atoms with Crippen LogP contribution >= 0.6 is 15.9 Å². The van der Waals surface area contributed by atoms with Gasteiger partial charge in [-0.15, -0.1) is 0 Å². The quantitative estimate of drug-likeness (QED) is 0.395. The highest BCUT2D eigenvalue weighted by Crippen LogP contribution is 2.19. The van der Waals surface area contributed by atoms with Crippen molar-refractivity contribution in [2.45, 2.75) is 26.3 Å². The van der Waals surface area contributed by atoms with Gasteiger partial charge in [0.15, 0.2) is 12.4 Å². The minimum Gasteiger partial charge on any atom is -1.00 e. The lowest BCUT2D eigenvalue weighted by Gasteiger charge is -2.15. The summed E-state index contributed by atoms with van der Waals surface area (Å²) in [5, 5.41) is 3.00. The molecule has 150 valence electrons. The minimum absolute atomic E-state index is 0. The highest BCUT2D eigenvalue weighted by molar-refractivity contribution is 9.10. The zero-order valence-corrected chi connectivity index (χ0v) is 19.4. The van der Waals surface area contributed by atoms with Gasteiger partial charge in [0, 0.05) is 18.7 Å². The maximum atomic E-state index is 12.8. The summed E-state index contributed by atoms with van der Waals surface area (Å²) in [6, 6.07) is 9.48. The van der Waals surface area contributed by atoms with Crippen molar-refractivity contribution >= 4 is 33.6 Å². The number of carbonyl (C=O) groups excluding carboxylic acids is 2. The molecule has 1 N–H and O–H groups in total. The van der Waals surface area contributed by atoms with Crippen molar-refractivity contribution < 1.29 is 42.9 Å². The van der Waals surface area contributed by atoms with E-state index in [2.05, 4.69) is 28.2 Å². The van der Waals surface area contributed by atoms with Crippen LogP contribution in [-0.2, 0) is 17.7 Å². The lowest BCUT2D eigenvalue weighted by molar-refractivity contribution is -0.697. The van der Waals surface area contributed by atoms with E-state index in [4.69, 9.17) is 4.74 Å². The molecule has 2 aromatic rings. The van der Waals surface area contributed by atoms with E-state index in [0.29, 0.717) is 31.7 Å². The topological polar surface area (TPSA) is 62.5 Å². The number of pyridine rings is 1. The van der Waals surface area contributed by atoms with Gasteiger partial charge in [-0.2, -0.15) is 0 Å². The van der Waals surface area contributed by atoms with Crippen LogP contribution in [-0.4, -0.2) is 36.6 Å². The van der Waals surface area contributed by atoms with E-state index in [-0.39, 0.29) is 36.0 Å². The first-order chi connectivity index (χ1) is 13.1. The average molecular weight is 560 g/mol. The molecule has 28 heavy (non-hydrogen) atoms. The lowest BCUT2D eigenvalue weighted by atomic mass is 10.1. The monoisotopic (exact) mass is 559 g/mol. The number of carbonyl (C=O) groups is 2. The van der Waals surface area contributed by atoms with Crippen LogP contribution in [0.1, 0.15) is 29.3 Å². The zero-order chi connectivity index (χ0) is 19.2. The molecule has 0 saturated carbocycles. The minimum atomic E-state index is -0.272. The molecule has 1 aromatic carbocycles. The molecule has 1 aliphatic rings. The lowest BCUT2D eigenvalue weighted by Crippen LogP contribution is -3.00. The van der Waals surface area contributed by atoms with Gasteiger partial charge in [0.05, 0.1) is 11.0 Å². The van der Waals surface area contributed by atoms with Crippen molar-refractivity contribution in [1.82, 2.24) is 4.90 Å². The highest BCUT2D eigenvalue weighted by atomic mass is 127. The molecule has 0 unspecified atom stereocenters. The number of nitrogens with zero attached hydrogens (tertiary/aromatic N) is 2. The fourth-order valence-electron chi connectivity index (χ4n) is 3.05. The van der Waals surface area contributed by atoms with Crippen molar-refractivity contribution in [1.29, 1.82) is 0 Å². The molecule has 8 heteroatoms. The van der Waals surface area contributed by atoms with E-state index >= 15 is 0 Å². The van der Waals surface area contributed by atoms with Gasteiger partial charge in [-0.25, -0.2) is 9.36 Å². The molecule has 0 radical (unpaired) electrons. The second-order valence-corrected chi connectivity index (χ2v) is 7.36. The maximum Gasteiger partial charge on any atom is 0.409 e. The predicted octanol–water partition coefficient (Wildman–Crippen LogP) is 0.398. The van der Waals surface area contributed by atoms with Crippen molar-refractivity contribution in [2.75, 3.05) is 25.0 Å². The van der Waals surface area contributed by atoms with Gasteiger partial charge in [0.1, 0.15) is 18.7 Å². The smallest absolute Gasteiger partial charge is 0.409 e. The Morgan fingerprint density at radius 3 is 2.82 bits per heavy atom. The Kier molecular flexibility index (Phi) is 8.68. The van der Waals surface area contributed by atoms with Crippen LogP contribution in [0.2, 0.25) is 0 Å². The summed E-state index contributed by atoms with van der Waals surface area (Å²) in [5.74, 6) is -0.158. The van der Waals surface area contributed by atoms with Crippen LogP contribution in [0.4, 0.5) is 10.5 Å². The first kappa shape index (κ1) is 22.6. The third-order valence-electron chi connectivity index (χ3n) is 4.39. The Balaban J connectivity index is 0.00000280. The number of amides is 2. The summed E-state index contributed by atoms with van der Waals surface area (Å²) in [6.07, 6.45) is 5.19. The molecule has 1 fully saturated rings. The largest absolute Gasteiger partial charge is 1.00 e. The molecule has 0 bridgehead atoms. The molecule has 0 atom stereocenters. The summed E-state index contributed by atoms with van der Waals surface area (Å²) >= 11 is 3.47. The van der Waals surface area contributed by atoms with Gasteiger partial charge >= 0.3 is 6.09 Å². The molecule has 1 saturated heterocycles. The van der Waals surface area contributed by atoms with E-state index in [1.165, 1.54) is 0 Å². The van der Waals surface area contributed by atoms with Crippen LogP contribution in [0.5, 0.6) is 0 Å². The molecule has 0 spiro atoms. The van der Waals surface area contributed by atoms with Crippen LogP contribution in [0.3, 0.4) is 0 Å². The molecule has 1 aromatic heterocycles. The Morgan fingerprint density at radius 2 is 2.11 bits per heavy atom. The number of ether oxygens (including phenoxy) is 1. The second kappa shape index (κ2) is 10.8. The summed E-state index contributed by atoms with van der Waals surface area (Å²) < 4.78 is 7.83. The number of anilines is 1. The van der Waals surface area contributed by atoms with Gasteiger partial charge in [0.25, 0.3) is 5.91 Å². The standard InChI is InChI=1S/C20H22BrN3O3.HI/c1-2-8-23-13-16(12-17(21)14-23)19(25)22-18-6-4-3-5-15(18)7-9-24-10-11-27-20(24)26;/h3-6,12-14H,2,7-11H2,1H3;1H. The van der Waals surface area contributed by atoms with Crippen LogP contribution in [0, 0.1) is 0 Å². The van der Waals surface area contributed by atoms with Gasteiger partial charge in [0.2, 0.25) is 0 Å². The molecule has 2 heterocycles. The SMILES string of the molecule is CCC[n+]1cc(Br)cc(C(=O)Nc2ccccc2CCN2CCOC2=O)c1.[I-]. The van der Waals surface area contributed by atoms with E-state index in [9.17, 15) is 9.59 Å². The molecular formula is C20H23BrIN3O3.